The largest absolute Gasteiger partial charge is 0.489 e. The number of benzene rings is 2. The first kappa shape index (κ1) is 24.8. The van der Waals surface area contributed by atoms with Crippen LogP contribution in [0.3, 0.4) is 0 Å². The molecule has 0 spiro atoms. The highest BCUT2D eigenvalue weighted by Crippen LogP contribution is 2.37. The van der Waals surface area contributed by atoms with Crippen molar-refractivity contribution in [2.24, 2.45) is 11.8 Å². The highest BCUT2D eigenvalue weighted by atomic mass is 32.1. The van der Waals surface area contributed by atoms with E-state index in [0.717, 1.165) is 0 Å². The Morgan fingerprint density at radius 3 is 1.81 bits per heavy atom. The molecule has 2 aromatic carbocycles. The number of hydrogen-bond acceptors (Lipinski definition) is 9. The minimum Gasteiger partial charge on any atom is -0.489 e. The molecule has 0 aliphatic carbocycles. The fourth-order valence-electron chi connectivity index (χ4n) is 3.98. The summed E-state index contributed by atoms with van der Waals surface area (Å²) < 4.78 is 5.79. The van der Waals surface area contributed by atoms with Crippen LogP contribution in [0.25, 0.3) is 0 Å². The molecule has 4 N–H and O–H groups in total. The molecule has 0 unspecified atom stereocenters. The Balaban J connectivity index is 1.65. The molecule has 2 aliphatic heterocycles. The summed E-state index contributed by atoms with van der Waals surface area (Å²) in [4.78, 5) is 61.5. The quantitative estimate of drug-likeness (QED) is 0.174. The average molecular weight is 528 g/mol. The molecule has 2 heterocycles. The number of ether oxygens (including phenoxy) is 1. The van der Waals surface area contributed by atoms with Gasteiger partial charge in [-0.15, -0.1) is 0 Å². The van der Waals surface area contributed by atoms with Crippen molar-refractivity contribution in [2.45, 2.75) is 12.5 Å². The summed E-state index contributed by atoms with van der Waals surface area (Å²) in [6, 6.07) is 12.1. The third-order valence-corrected chi connectivity index (χ3v) is 6.00. The first-order chi connectivity index (χ1) is 17.1. The number of carbonyl (C=O) groups excluding carboxylic acids is 4. The highest BCUT2D eigenvalue weighted by molar-refractivity contribution is 7.80. The van der Waals surface area contributed by atoms with Crippen LogP contribution < -0.4 is 26.0 Å². The number of amides is 4. The Hall–Kier alpha value is -4.30. The van der Waals surface area contributed by atoms with E-state index in [4.69, 9.17) is 29.2 Å². The Morgan fingerprint density at radius 1 is 0.833 bits per heavy atom. The zero-order valence-electron chi connectivity index (χ0n) is 18.2. The van der Waals surface area contributed by atoms with E-state index in [1.807, 2.05) is 0 Å². The lowest BCUT2D eigenvalue weighted by Crippen LogP contribution is -2.62. The Morgan fingerprint density at radius 2 is 1.33 bits per heavy atom. The summed E-state index contributed by atoms with van der Waals surface area (Å²) in [5.41, 5.74) is 0.903. The van der Waals surface area contributed by atoms with Crippen molar-refractivity contribution in [3.05, 3.63) is 69.8 Å². The topological polar surface area (TPSA) is 169 Å². The fraction of sp³-hybridized carbons (Fsp3) is 0.182. The van der Waals surface area contributed by atoms with Crippen molar-refractivity contribution in [3.8, 4) is 5.75 Å². The molecular formula is C22H17N5O7S2. The molecule has 0 radical (unpaired) electrons. The van der Waals surface area contributed by atoms with Gasteiger partial charge < -0.3 is 26.0 Å². The highest BCUT2D eigenvalue weighted by Gasteiger charge is 2.50. The van der Waals surface area contributed by atoms with Gasteiger partial charge in [-0.25, -0.2) is 0 Å². The fourth-order valence-corrected chi connectivity index (χ4v) is 4.38. The van der Waals surface area contributed by atoms with E-state index in [1.165, 1.54) is 18.2 Å². The smallest absolute Gasteiger partial charge is 0.269 e. The number of nitrogens with one attached hydrogen (secondary N) is 4. The van der Waals surface area contributed by atoms with Crippen molar-refractivity contribution in [2.75, 3.05) is 0 Å². The molecule has 2 aliphatic rings. The number of nitro benzene ring substituents is 1. The third-order valence-electron chi connectivity index (χ3n) is 5.59. The lowest BCUT2D eigenvalue weighted by atomic mass is 9.74. The molecule has 4 amide bonds. The molecule has 2 aromatic rings. The zero-order valence-corrected chi connectivity index (χ0v) is 19.8. The average Bonchev–Trinajstić information content (AvgIpc) is 2.81. The predicted octanol–water partition coefficient (Wildman–Crippen LogP) is 0.552. The van der Waals surface area contributed by atoms with E-state index >= 15 is 0 Å². The first-order valence-electron chi connectivity index (χ1n) is 10.4. The zero-order chi connectivity index (χ0) is 26.0. The van der Waals surface area contributed by atoms with Crippen molar-refractivity contribution < 1.29 is 28.8 Å². The number of hydrogen-bond donors (Lipinski definition) is 4. The molecule has 0 aromatic heterocycles. The molecule has 2 saturated heterocycles. The number of nitrogens with zero attached hydrogens (tertiary/aromatic N) is 1. The monoisotopic (exact) mass is 527 g/mol. The summed E-state index contributed by atoms with van der Waals surface area (Å²) in [6.07, 6.45) is 0. The van der Waals surface area contributed by atoms with Crippen molar-refractivity contribution in [3.63, 3.8) is 0 Å². The number of nitro groups is 1. The molecule has 4 rings (SSSR count). The van der Waals surface area contributed by atoms with Gasteiger partial charge in [-0.1, -0.05) is 12.1 Å². The van der Waals surface area contributed by atoms with Crippen LogP contribution in [0.15, 0.2) is 48.5 Å². The maximum atomic E-state index is 12.8. The van der Waals surface area contributed by atoms with Gasteiger partial charge in [-0.3, -0.25) is 29.3 Å². The van der Waals surface area contributed by atoms with Crippen LogP contribution in [-0.4, -0.2) is 38.8 Å². The minimum absolute atomic E-state index is 0.0590. The van der Waals surface area contributed by atoms with Crippen LogP contribution in [0.1, 0.15) is 17.0 Å². The normalized spacial score (nSPS) is 16.8. The number of carbonyl (C=O) groups is 4. The minimum atomic E-state index is -1.46. The molecule has 0 atom stereocenters. The second-order valence-corrected chi connectivity index (χ2v) is 8.70. The number of non-ortho nitro benzene ring substituents is 1. The molecule has 12 nitrogen and oxygen atoms in total. The van der Waals surface area contributed by atoms with E-state index in [2.05, 4.69) is 21.3 Å². The van der Waals surface area contributed by atoms with E-state index in [9.17, 15) is 29.3 Å². The summed E-state index contributed by atoms with van der Waals surface area (Å²) >= 11 is 9.72. The summed E-state index contributed by atoms with van der Waals surface area (Å²) in [5.74, 6) is -6.89. The lowest BCUT2D eigenvalue weighted by molar-refractivity contribution is -0.384. The first-order valence-corrected chi connectivity index (χ1v) is 11.2. The van der Waals surface area contributed by atoms with Gasteiger partial charge in [-0.2, -0.15) is 0 Å². The van der Waals surface area contributed by atoms with Gasteiger partial charge in [0.15, 0.2) is 10.2 Å². The van der Waals surface area contributed by atoms with Gasteiger partial charge in [0.05, 0.1) is 4.92 Å². The van der Waals surface area contributed by atoms with E-state index in [-0.39, 0.29) is 22.5 Å². The Labute approximate surface area is 213 Å². The van der Waals surface area contributed by atoms with Crippen molar-refractivity contribution in [1.82, 2.24) is 21.3 Å². The standard InChI is InChI=1S/C22H17N5O7S2/c28-17-15(18(29)24-21(35)23-17)14(16-19(30)25-22(36)26-20(16)31)11-2-1-3-13(8-11)34-9-10-4-6-12(7-5-10)27(32)33/h1-8,14-16H,9H2,(H2,23,24,28,29,35)(H2,25,26,30,31,36). The molecule has 14 heteroatoms. The van der Waals surface area contributed by atoms with Gasteiger partial charge in [0.25, 0.3) is 5.69 Å². The summed E-state index contributed by atoms with van der Waals surface area (Å²) in [6.45, 7) is 0.0590. The maximum absolute atomic E-state index is 12.8. The van der Waals surface area contributed by atoms with Crippen LogP contribution in [-0.2, 0) is 25.8 Å². The molecule has 0 saturated carbocycles. The molecule has 2 fully saturated rings. The summed E-state index contributed by atoms with van der Waals surface area (Å²) in [7, 11) is 0. The van der Waals surface area contributed by atoms with Crippen LogP contribution in [0.4, 0.5) is 5.69 Å². The number of thiocarbonyl (C=S) groups is 2. The van der Waals surface area contributed by atoms with Crippen LogP contribution in [0.5, 0.6) is 5.75 Å². The maximum Gasteiger partial charge on any atom is 0.269 e. The van der Waals surface area contributed by atoms with Gasteiger partial charge in [0, 0.05) is 18.1 Å². The third kappa shape index (κ3) is 5.18. The van der Waals surface area contributed by atoms with Gasteiger partial charge in [-0.05, 0) is 59.8 Å². The second-order valence-electron chi connectivity index (χ2n) is 7.88. The predicted molar refractivity (Wildman–Crippen MR) is 131 cm³/mol. The van der Waals surface area contributed by atoms with E-state index in [1.54, 1.807) is 30.3 Å². The SMILES string of the molecule is O=C1NC(=S)NC(=O)C1C(c1cccc(OCc2ccc([N+](=O)[O-])cc2)c1)C1C(=O)NC(=S)NC1=O. The van der Waals surface area contributed by atoms with Gasteiger partial charge in [0.2, 0.25) is 23.6 Å². The molecule has 184 valence electrons. The molecule has 0 bridgehead atoms. The van der Waals surface area contributed by atoms with E-state index < -0.39 is 46.3 Å². The van der Waals surface area contributed by atoms with Crippen LogP contribution in [0.2, 0.25) is 0 Å². The molecular weight excluding hydrogens is 510 g/mol. The van der Waals surface area contributed by atoms with Crippen molar-refractivity contribution in [1.29, 1.82) is 0 Å². The van der Waals surface area contributed by atoms with Crippen LogP contribution in [0, 0.1) is 22.0 Å². The Bertz CT molecular complexity index is 1230. The van der Waals surface area contributed by atoms with Gasteiger partial charge in [0.1, 0.15) is 24.2 Å². The second kappa shape index (κ2) is 10.1. The number of rotatable bonds is 7. The van der Waals surface area contributed by atoms with Crippen LogP contribution >= 0.6 is 24.4 Å². The van der Waals surface area contributed by atoms with Crippen molar-refractivity contribution >= 4 is 64.0 Å². The molecule has 36 heavy (non-hydrogen) atoms. The lowest BCUT2D eigenvalue weighted by Gasteiger charge is -2.35. The summed E-state index contributed by atoms with van der Waals surface area (Å²) in [5, 5.41) is 19.9. The van der Waals surface area contributed by atoms with Gasteiger partial charge >= 0.3 is 0 Å². The Kier molecular flexibility index (Phi) is 6.98. The van der Waals surface area contributed by atoms with E-state index in [0.29, 0.717) is 16.9 Å².